The number of methoxy groups -OCH3 is 1. The first-order valence-corrected chi connectivity index (χ1v) is 7.29. The summed E-state index contributed by atoms with van der Waals surface area (Å²) in [6, 6.07) is 17.5. The minimum atomic E-state index is -0.412. The Kier molecular flexibility index (Phi) is 5.98. The third-order valence-electron chi connectivity index (χ3n) is 3.42. The predicted molar refractivity (Wildman–Crippen MR) is 86.1 cm³/mol. The highest BCUT2D eigenvalue weighted by Gasteiger charge is 2.15. The minimum Gasteiger partial charge on any atom is -0.457 e. The molecule has 1 atom stereocenters. The first-order chi connectivity index (χ1) is 10.7. The summed E-state index contributed by atoms with van der Waals surface area (Å²) in [7, 11) is 3.17. The Morgan fingerprint density at radius 1 is 1.05 bits per heavy atom. The summed E-state index contributed by atoms with van der Waals surface area (Å²) in [5, 5.41) is 2.60. The molecule has 2 rings (SSSR count). The van der Waals surface area contributed by atoms with Crippen LogP contribution in [0.5, 0.6) is 11.5 Å². The van der Waals surface area contributed by atoms with Gasteiger partial charge in [0.15, 0.2) is 0 Å². The molecule has 0 aliphatic heterocycles. The Morgan fingerprint density at radius 3 is 2.27 bits per heavy atom. The van der Waals surface area contributed by atoms with Crippen LogP contribution in [-0.4, -0.2) is 26.2 Å². The normalized spacial score (nSPS) is 11.7. The first kappa shape index (κ1) is 16.0. The van der Waals surface area contributed by atoms with Crippen LogP contribution in [0.2, 0.25) is 0 Å². The van der Waals surface area contributed by atoms with Gasteiger partial charge in [0.2, 0.25) is 5.91 Å². The van der Waals surface area contributed by atoms with Crippen molar-refractivity contribution in [1.82, 2.24) is 5.32 Å². The lowest BCUT2D eigenvalue weighted by Crippen LogP contribution is -2.33. The number of amides is 1. The molecule has 0 aliphatic rings. The van der Waals surface area contributed by atoms with Gasteiger partial charge in [-0.3, -0.25) is 4.79 Å². The lowest BCUT2D eigenvalue weighted by atomic mass is 10.1. The number of aryl methyl sites for hydroxylation is 1. The lowest BCUT2D eigenvalue weighted by molar-refractivity contribution is -0.130. The number of rotatable bonds is 7. The lowest BCUT2D eigenvalue weighted by Gasteiger charge is -2.13. The summed E-state index contributed by atoms with van der Waals surface area (Å²) in [6.45, 7) is 0. The van der Waals surface area contributed by atoms with E-state index in [1.807, 2.05) is 54.6 Å². The van der Waals surface area contributed by atoms with Gasteiger partial charge < -0.3 is 14.8 Å². The molecule has 0 heterocycles. The second-order valence-electron chi connectivity index (χ2n) is 4.94. The number of hydrogen-bond acceptors (Lipinski definition) is 3. The van der Waals surface area contributed by atoms with E-state index in [-0.39, 0.29) is 5.91 Å². The van der Waals surface area contributed by atoms with Gasteiger partial charge in [-0.05, 0) is 42.7 Å². The number of carbonyl (C=O) groups is 1. The minimum absolute atomic E-state index is 0.0912. The van der Waals surface area contributed by atoms with Crippen molar-refractivity contribution in [2.45, 2.75) is 18.9 Å². The highest BCUT2D eigenvalue weighted by atomic mass is 16.5. The molecule has 1 amide bonds. The van der Waals surface area contributed by atoms with E-state index >= 15 is 0 Å². The Morgan fingerprint density at radius 2 is 1.68 bits per heavy atom. The molecule has 116 valence electrons. The summed E-state index contributed by atoms with van der Waals surface area (Å²) in [4.78, 5) is 11.6. The molecule has 2 aromatic carbocycles. The van der Waals surface area contributed by atoms with Gasteiger partial charge in [0, 0.05) is 14.2 Å². The maximum absolute atomic E-state index is 11.6. The number of likely N-dealkylation sites (N-methyl/N-ethyl adjacent to an activating group) is 1. The smallest absolute Gasteiger partial charge is 0.248 e. The van der Waals surface area contributed by atoms with Crippen LogP contribution in [0.1, 0.15) is 12.0 Å². The van der Waals surface area contributed by atoms with Crippen LogP contribution in [-0.2, 0) is 16.0 Å². The van der Waals surface area contributed by atoms with Crippen molar-refractivity contribution in [1.29, 1.82) is 0 Å². The van der Waals surface area contributed by atoms with Crippen molar-refractivity contribution in [3.63, 3.8) is 0 Å². The monoisotopic (exact) mass is 299 g/mol. The molecule has 4 heteroatoms. The van der Waals surface area contributed by atoms with Crippen LogP contribution in [0.15, 0.2) is 54.6 Å². The molecule has 2 aromatic rings. The fraction of sp³-hybridized carbons (Fsp3) is 0.278. The predicted octanol–water partition coefficient (Wildman–Crippen LogP) is 3.17. The molecule has 0 saturated carbocycles. The molecule has 0 aromatic heterocycles. The number of carbonyl (C=O) groups excluding carboxylic acids is 1. The van der Waals surface area contributed by atoms with E-state index in [2.05, 4.69) is 5.32 Å². The molecular formula is C18H21NO3. The summed E-state index contributed by atoms with van der Waals surface area (Å²) < 4.78 is 10.9. The SMILES string of the molecule is CNC(=O)C(CCc1ccc(Oc2ccccc2)cc1)OC. The van der Waals surface area contributed by atoms with Crippen LogP contribution >= 0.6 is 0 Å². The van der Waals surface area contributed by atoms with Gasteiger partial charge in [-0.2, -0.15) is 0 Å². The largest absolute Gasteiger partial charge is 0.457 e. The van der Waals surface area contributed by atoms with Crippen LogP contribution in [0.3, 0.4) is 0 Å². The van der Waals surface area contributed by atoms with E-state index < -0.39 is 6.10 Å². The fourth-order valence-corrected chi connectivity index (χ4v) is 2.16. The highest BCUT2D eigenvalue weighted by Crippen LogP contribution is 2.21. The summed E-state index contributed by atoms with van der Waals surface area (Å²) in [5.41, 5.74) is 1.14. The summed E-state index contributed by atoms with van der Waals surface area (Å²) in [5.74, 6) is 1.52. The van der Waals surface area contributed by atoms with Gasteiger partial charge in [-0.25, -0.2) is 0 Å². The van der Waals surface area contributed by atoms with Crippen LogP contribution in [0.4, 0.5) is 0 Å². The molecule has 22 heavy (non-hydrogen) atoms. The number of ether oxygens (including phenoxy) is 2. The Bertz CT molecular complexity index is 581. The van der Waals surface area contributed by atoms with E-state index in [0.29, 0.717) is 6.42 Å². The quantitative estimate of drug-likeness (QED) is 0.854. The Hall–Kier alpha value is -2.33. The summed E-state index contributed by atoms with van der Waals surface area (Å²) in [6.07, 6.45) is 1.01. The van der Waals surface area contributed by atoms with E-state index in [1.54, 1.807) is 14.2 Å². The number of nitrogens with one attached hydrogen (secondary N) is 1. The number of para-hydroxylation sites is 1. The van der Waals surface area contributed by atoms with Crippen molar-refractivity contribution in [2.75, 3.05) is 14.2 Å². The molecule has 0 bridgehead atoms. The standard InChI is InChI=1S/C18H21NO3/c1-19-18(20)17(21-2)13-10-14-8-11-16(12-9-14)22-15-6-4-3-5-7-15/h3-9,11-12,17H,10,13H2,1-2H3,(H,19,20). The van der Waals surface area contributed by atoms with Crippen molar-refractivity contribution in [3.8, 4) is 11.5 Å². The fourth-order valence-electron chi connectivity index (χ4n) is 2.16. The molecule has 1 N–H and O–H groups in total. The van der Waals surface area contributed by atoms with Gasteiger partial charge in [0.25, 0.3) is 0 Å². The van der Waals surface area contributed by atoms with Gasteiger partial charge in [0.05, 0.1) is 0 Å². The van der Waals surface area contributed by atoms with Crippen LogP contribution in [0.25, 0.3) is 0 Å². The van der Waals surface area contributed by atoms with Gasteiger partial charge >= 0.3 is 0 Å². The topological polar surface area (TPSA) is 47.6 Å². The number of benzene rings is 2. The number of hydrogen-bond donors (Lipinski definition) is 1. The Labute approximate surface area is 131 Å². The first-order valence-electron chi connectivity index (χ1n) is 7.29. The maximum Gasteiger partial charge on any atom is 0.248 e. The average molecular weight is 299 g/mol. The third kappa shape index (κ3) is 4.60. The van der Waals surface area contributed by atoms with Gasteiger partial charge in [0.1, 0.15) is 17.6 Å². The van der Waals surface area contributed by atoms with E-state index in [1.165, 1.54) is 0 Å². The molecule has 0 aliphatic carbocycles. The molecule has 0 saturated heterocycles. The molecule has 4 nitrogen and oxygen atoms in total. The van der Waals surface area contributed by atoms with Crippen molar-refractivity contribution < 1.29 is 14.3 Å². The van der Waals surface area contributed by atoms with Crippen molar-refractivity contribution in [2.24, 2.45) is 0 Å². The molecule has 1 unspecified atom stereocenters. The zero-order valence-electron chi connectivity index (χ0n) is 12.9. The summed E-state index contributed by atoms with van der Waals surface area (Å²) >= 11 is 0. The van der Waals surface area contributed by atoms with Crippen LogP contribution < -0.4 is 10.1 Å². The maximum atomic E-state index is 11.6. The van der Waals surface area contributed by atoms with E-state index in [0.717, 1.165) is 23.5 Å². The van der Waals surface area contributed by atoms with Crippen molar-refractivity contribution in [3.05, 3.63) is 60.2 Å². The second kappa shape index (κ2) is 8.20. The molecule has 0 radical (unpaired) electrons. The second-order valence-corrected chi connectivity index (χ2v) is 4.94. The van der Waals surface area contributed by atoms with E-state index in [9.17, 15) is 4.79 Å². The van der Waals surface area contributed by atoms with E-state index in [4.69, 9.17) is 9.47 Å². The van der Waals surface area contributed by atoms with Crippen molar-refractivity contribution >= 4 is 5.91 Å². The zero-order valence-corrected chi connectivity index (χ0v) is 12.9. The molecule has 0 fully saturated rings. The van der Waals surface area contributed by atoms with Crippen LogP contribution in [0, 0.1) is 0 Å². The third-order valence-corrected chi connectivity index (χ3v) is 3.42. The average Bonchev–Trinajstić information content (AvgIpc) is 2.57. The van der Waals surface area contributed by atoms with Gasteiger partial charge in [-0.1, -0.05) is 30.3 Å². The van der Waals surface area contributed by atoms with Gasteiger partial charge in [-0.15, -0.1) is 0 Å². The molecular weight excluding hydrogens is 278 g/mol. The zero-order chi connectivity index (χ0) is 15.8. The highest BCUT2D eigenvalue weighted by molar-refractivity contribution is 5.80. The molecule has 0 spiro atoms. The Balaban J connectivity index is 1.90.